The lowest BCUT2D eigenvalue weighted by atomic mass is 9.43. The van der Waals surface area contributed by atoms with Crippen LogP contribution in [-0.2, 0) is 9.53 Å². The molecule has 4 heteroatoms. The van der Waals surface area contributed by atoms with Gasteiger partial charge in [0.1, 0.15) is 0 Å². The van der Waals surface area contributed by atoms with E-state index in [-0.39, 0.29) is 23.5 Å². The molecule has 4 N–H and O–H groups in total. The summed E-state index contributed by atoms with van der Waals surface area (Å²) in [6.07, 6.45) is 11.5. The van der Waals surface area contributed by atoms with E-state index in [4.69, 9.17) is 15.6 Å². The summed E-state index contributed by atoms with van der Waals surface area (Å²) in [5, 5.41) is 8.30. The number of methoxy groups -OCH3 is 1. The second kappa shape index (κ2) is 7.82. The summed E-state index contributed by atoms with van der Waals surface area (Å²) in [4.78, 5) is 11.7. The van der Waals surface area contributed by atoms with Gasteiger partial charge in [-0.05, 0) is 91.3 Å². The van der Waals surface area contributed by atoms with Crippen LogP contribution >= 0.6 is 0 Å². The SMILES string of the molecule is COC(=O)CCC(C)C1CCC2C3CC[C@@H]4CC([OH2+])CC[C@]4(C)C3C[C@H](N)C12C. The molecule has 4 aliphatic rings. The Morgan fingerprint density at radius 3 is 2.62 bits per heavy atom. The van der Waals surface area contributed by atoms with Crippen molar-refractivity contribution >= 4 is 5.97 Å². The number of hydrogen-bond donors (Lipinski definition) is 1. The van der Waals surface area contributed by atoms with E-state index in [2.05, 4.69) is 20.8 Å². The van der Waals surface area contributed by atoms with Gasteiger partial charge in [-0.15, -0.1) is 0 Å². The summed E-state index contributed by atoms with van der Waals surface area (Å²) in [5.74, 6) is 4.13. The first kappa shape index (κ1) is 21.6. The van der Waals surface area contributed by atoms with Crippen molar-refractivity contribution in [3.05, 3.63) is 0 Å². The van der Waals surface area contributed by atoms with Crippen LogP contribution < -0.4 is 5.73 Å². The molecule has 0 aromatic carbocycles. The van der Waals surface area contributed by atoms with Gasteiger partial charge in [0.15, 0.2) is 6.10 Å². The van der Waals surface area contributed by atoms with E-state index in [1.54, 1.807) is 0 Å². The minimum atomic E-state index is -0.0826. The Labute approximate surface area is 177 Å². The summed E-state index contributed by atoms with van der Waals surface area (Å²) < 4.78 is 4.88. The summed E-state index contributed by atoms with van der Waals surface area (Å²) >= 11 is 0. The topological polar surface area (TPSA) is 75.2 Å². The third-order valence-corrected chi connectivity index (χ3v) is 10.7. The highest BCUT2D eigenvalue weighted by molar-refractivity contribution is 5.69. The van der Waals surface area contributed by atoms with Gasteiger partial charge in [-0.25, -0.2) is 0 Å². The molecule has 0 bridgehead atoms. The molecule has 4 fully saturated rings. The van der Waals surface area contributed by atoms with Gasteiger partial charge < -0.3 is 15.6 Å². The predicted molar refractivity (Wildman–Crippen MR) is 116 cm³/mol. The van der Waals surface area contributed by atoms with Crippen LogP contribution in [0.5, 0.6) is 0 Å². The number of carbonyl (C=O) groups excluding carboxylic acids is 1. The summed E-state index contributed by atoms with van der Waals surface area (Å²) in [7, 11) is 1.49. The van der Waals surface area contributed by atoms with E-state index in [0.29, 0.717) is 23.7 Å². The first-order chi connectivity index (χ1) is 13.7. The zero-order valence-electron chi connectivity index (χ0n) is 19.1. The van der Waals surface area contributed by atoms with Crippen LogP contribution in [0.4, 0.5) is 0 Å². The zero-order valence-corrected chi connectivity index (χ0v) is 19.1. The van der Waals surface area contributed by atoms with Gasteiger partial charge in [0.05, 0.1) is 7.11 Å². The number of ether oxygens (including phenoxy) is 1. The summed E-state index contributed by atoms with van der Waals surface area (Å²) in [6, 6.07) is 0.270. The van der Waals surface area contributed by atoms with Gasteiger partial charge in [0, 0.05) is 25.3 Å². The van der Waals surface area contributed by atoms with E-state index in [1.165, 1.54) is 45.6 Å². The van der Waals surface area contributed by atoms with Crippen molar-refractivity contribution in [2.75, 3.05) is 7.11 Å². The first-order valence-electron chi connectivity index (χ1n) is 12.2. The molecule has 0 spiro atoms. The number of nitrogens with two attached hydrogens (primary N) is 1. The van der Waals surface area contributed by atoms with E-state index in [0.717, 1.165) is 42.9 Å². The van der Waals surface area contributed by atoms with E-state index in [1.807, 2.05) is 0 Å². The van der Waals surface area contributed by atoms with E-state index in [9.17, 15) is 4.79 Å². The Morgan fingerprint density at radius 1 is 1.14 bits per heavy atom. The maximum absolute atomic E-state index is 11.7. The first-order valence-corrected chi connectivity index (χ1v) is 12.2. The molecule has 7 unspecified atom stereocenters. The monoisotopic (exact) mass is 406 g/mol. The van der Waals surface area contributed by atoms with Gasteiger partial charge in [0.2, 0.25) is 0 Å². The molecule has 4 aliphatic carbocycles. The van der Waals surface area contributed by atoms with Gasteiger partial charge in [-0.1, -0.05) is 20.8 Å². The van der Waals surface area contributed by atoms with Gasteiger partial charge >= 0.3 is 5.97 Å². The Hall–Kier alpha value is -0.610. The van der Waals surface area contributed by atoms with Crippen molar-refractivity contribution in [1.82, 2.24) is 0 Å². The van der Waals surface area contributed by atoms with Gasteiger partial charge in [-0.2, -0.15) is 0 Å². The number of fused-ring (bicyclic) bond motifs is 5. The Balaban J connectivity index is 1.53. The minimum Gasteiger partial charge on any atom is -0.469 e. The molecular formula is C25H44NO3+. The van der Waals surface area contributed by atoms with Crippen LogP contribution in [0.25, 0.3) is 0 Å². The number of carbonyl (C=O) groups is 1. The van der Waals surface area contributed by atoms with Crippen molar-refractivity contribution in [2.45, 2.75) is 97.1 Å². The molecular weight excluding hydrogens is 362 g/mol. The van der Waals surface area contributed by atoms with Crippen molar-refractivity contribution < 1.29 is 14.6 Å². The third-order valence-electron chi connectivity index (χ3n) is 10.7. The molecule has 10 atom stereocenters. The molecule has 0 heterocycles. The van der Waals surface area contributed by atoms with E-state index >= 15 is 0 Å². The summed E-state index contributed by atoms with van der Waals surface area (Å²) in [5.41, 5.74) is 7.68. The standard InChI is InChI=1S/C25H43NO3/c1-15(5-10-23(28)29-4)19-8-9-20-18-7-6-16-13-17(27)11-12-24(16,2)21(18)14-22(26)25(19,20)3/h15-22,27H,5-14,26H2,1-4H3/p+1/t15?,16-,17?,18?,19?,20?,21?,22+,24+,25?/m1/s1. The smallest absolute Gasteiger partial charge is 0.305 e. The molecule has 0 radical (unpaired) electrons. The lowest BCUT2D eigenvalue weighted by Gasteiger charge is -2.62. The molecule has 0 aromatic rings. The van der Waals surface area contributed by atoms with Crippen molar-refractivity contribution in [3.63, 3.8) is 0 Å². The van der Waals surface area contributed by atoms with Crippen molar-refractivity contribution in [1.29, 1.82) is 0 Å². The fraction of sp³-hybridized carbons (Fsp3) is 0.960. The Kier molecular flexibility index (Phi) is 5.83. The minimum absolute atomic E-state index is 0.0826. The largest absolute Gasteiger partial charge is 0.469 e. The number of rotatable bonds is 4. The maximum atomic E-state index is 11.7. The van der Waals surface area contributed by atoms with Gasteiger partial charge in [0.25, 0.3) is 0 Å². The number of esters is 1. The average Bonchev–Trinajstić information content (AvgIpc) is 3.06. The van der Waals surface area contributed by atoms with Crippen LogP contribution in [0.15, 0.2) is 0 Å². The zero-order chi connectivity index (χ0) is 21.0. The highest BCUT2D eigenvalue weighted by atomic mass is 16.5. The molecule has 4 nitrogen and oxygen atoms in total. The molecule has 0 amide bonds. The Bertz CT molecular complexity index is 623. The lowest BCUT2D eigenvalue weighted by Crippen LogP contribution is -2.61. The average molecular weight is 407 g/mol. The third kappa shape index (κ3) is 3.37. The highest BCUT2D eigenvalue weighted by Gasteiger charge is 2.63. The normalized spacial score (nSPS) is 50.2. The van der Waals surface area contributed by atoms with Crippen LogP contribution in [0.2, 0.25) is 0 Å². The maximum Gasteiger partial charge on any atom is 0.305 e. The van der Waals surface area contributed by atoms with Gasteiger partial charge in [-0.3, -0.25) is 4.79 Å². The molecule has 4 saturated carbocycles. The molecule has 0 saturated heterocycles. The molecule has 29 heavy (non-hydrogen) atoms. The predicted octanol–water partition coefficient (Wildman–Crippen LogP) is 4.27. The summed E-state index contributed by atoms with van der Waals surface area (Å²) in [6.45, 7) is 7.40. The second-order valence-corrected chi connectivity index (χ2v) is 11.6. The Morgan fingerprint density at radius 2 is 1.90 bits per heavy atom. The van der Waals surface area contributed by atoms with E-state index < -0.39 is 0 Å². The molecule has 4 rings (SSSR count). The fourth-order valence-electron chi connectivity index (χ4n) is 8.92. The fourth-order valence-corrected chi connectivity index (χ4v) is 8.92. The molecule has 0 aromatic heterocycles. The lowest BCUT2D eigenvalue weighted by molar-refractivity contribution is -0.142. The molecule has 166 valence electrons. The van der Waals surface area contributed by atoms with Crippen LogP contribution in [-0.4, -0.2) is 30.3 Å². The van der Waals surface area contributed by atoms with Crippen LogP contribution in [0, 0.1) is 46.3 Å². The quantitative estimate of drug-likeness (QED) is 0.560. The highest BCUT2D eigenvalue weighted by Crippen LogP contribution is 2.68. The van der Waals surface area contributed by atoms with Crippen molar-refractivity contribution in [2.24, 2.45) is 52.1 Å². The van der Waals surface area contributed by atoms with Crippen molar-refractivity contribution in [3.8, 4) is 0 Å². The van der Waals surface area contributed by atoms with Crippen LogP contribution in [0.1, 0.15) is 85.0 Å². The molecule has 0 aliphatic heterocycles. The number of hydrogen-bond acceptors (Lipinski definition) is 3. The second-order valence-electron chi connectivity index (χ2n) is 11.6. The van der Waals surface area contributed by atoms with Crippen LogP contribution in [0.3, 0.4) is 0 Å².